The summed E-state index contributed by atoms with van der Waals surface area (Å²) in [5.41, 5.74) is -0.830. The van der Waals surface area contributed by atoms with Gasteiger partial charge in [0.25, 0.3) is 11.8 Å². The average molecular weight is 547 g/mol. The predicted octanol–water partition coefficient (Wildman–Crippen LogP) is 5.36. The number of alkyl carbamates (subject to hydrolysis) is 1. The molecule has 7 nitrogen and oxygen atoms in total. The first-order valence-corrected chi connectivity index (χ1v) is 11.1. The van der Waals surface area contributed by atoms with Gasteiger partial charge in [-0.15, -0.1) is 0 Å². The standard InChI is InChI=1S/C17H22Cl6N2O5/c1-15(2,3)30-14(29)24-9(4-6-16(18,19)20)13(28)25-10(5-7-17(21,22)23)11(26)8-12(25)27/h8-10,26H,4-7H2,1-3H3,(H,24,29)/t9-,10+/m1/s1. The summed E-state index contributed by atoms with van der Waals surface area (Å²) in [4.78, 5) is 38.4. The van der Waals surface area contributed by atoms with E-state index in [-0.39, 0.29) is 31.4 Å². The van der Waals surface area contributed by atoms with Crippen LogP contribution < -0.4 is 5.32 Å². The van der Waals surface area contributed by atoms with E-state index < -0.39 is 43.2 Å². The molecule has 30 heavy (non-hydrogen) atoms. The Morgan fingerprint density at radius 2 is 1.67 bits per heavy atom. The molecular weight excluding hydrogens is 525 g/mol. The van der Waals surface area contributed by atoms with Crippen molar-refractivity contribution in [3.05, 3.63) is 11.8 Å². The molecule has 1 heterocycles. The number of nitrogens with zero attached hydrogens (tertiary/aromatic N) is 1. The van der Waals surface area contributed by atoms with Crippen LogP contribution in [0.1, 0.15) is 46.5 Å². The van der Waals surface area contributed by atoms with Crippen LogP contribution in [0.15, 0.2) is 11.8 Å². The zero-order chi connectivity index (χ0) is 23.5. The summed E-state index contributed by atoms with van der Waals surface area (Å²) in [6.45, 7) is 4.93. The molecule has 13 heteroatoms. The fourth-order valence-corrected chi connectivity index (χ4v) is 3.26. The van der Waals surface area contributed by atoms with E-state index in [4.69, 9.17) is 74.3 Å². The zero-order valence-corrected chi connectivity index (χ0v) is 20.9. The molecule has 172 valence electrons. The Bertz CT molecular complexity index is 696. The van der Waals surface area contributed by atoms with Crippen molar-refractivity contribution in [2.45, 2.75) is 71.7 Å². The topological polar surface area (TPSA) is 95.9 Å². The van der Waals surface area contributed by atoms with E-state index in [1.54, 1.807) is 20.8 Å². The van der Waals surface area contributed by atoms with Gasteiger partial charge in [-0.25, -0.2) is 4.79 Å². The van der Waals surface area contributed by atoms with Gasteiger partial charge in [-0.2, -0.15) is 0 Å². The van der Waals surface area contributed by atoms with E-state index in [0.29, 0.717) is 0 Å². The van der Waals surface area contributed by atoms with Crippen LogP contribution in [0.25, 0.3) is 0 Å². The van der Waals surface area contributed by atoms with Crippen LogP contribution in [-0.2, 0) is 14.3 Å². The van der Waals surface area contributed by atoms with Gasteiger partial charge >= 0.3 is 6.09 Å². The molecule has 2 atom stereocenters. The lowest BCUT2D eigenvalue weighted by molar-refractivity contribution is -0.144. The highest BCUT2D eigenvalue weighted by molar-refractivity contribution is 6.67. The average Bonchev–Trinajstić information content (AvgIpc) is 2.79. The summed E-state index contributed by atoms with van der Waals surface area (Å²) in [6, 6.07) is -2.33. The summed E-state index contributed by atoms with van der Waals surface area (Å²) < 4.78 is 1.82. The number of carbonyl (C=O) groups is 3. The quantitative estimate of drug-likeness (QED) is 0.437. The minimum absolute atomic E-state index is 0.0140. The van der Waals surface area contributed by atoms with E-state index in [1.165, 1.54) is 0 Å². The van der Waals surface area contributed by atoms with E-state index in [2.05, 4.69) is 5.32 Å². The van der Waals surface area contributed by atoms with Crippen molar-refractivity contribution in [1.29, 1.82) is 0 Å². The Morgan fingerprint density at radius 1 is 1.13 bits per heavy atom. The largest absolute Gasteiger partial charge is 0.510 e. The molecule has 2 N–H and O–H groups in total. The molecule has 0 saturated carbocycles. The van der Waals surface area contributed by atoms with Gasteiger partial charge in [0, 0.05) is 6.08 Å². The smallest absolute Gasteiger partial charge is 0.408 e. The highest BCUT2D eigenvalue weighted by Gasteiger charge is 2.42. The van der Waals surface area contributed by atoms with Crippen LogP contribution >= 0.6 is 69.6 Å². The molecule has 0 saturated heterocycles. The maximum absolute atomic E-state index is 13.1. The molecule has 0 aromatic heterocycles. The van der Waals surface area contributed by atoms with Crippen LogP contribution in [-0.4, -0.2) is 53.2 Å². The number of hydrogen-bond donors (Lipinski definition) is 2. The van der Waals surface area contributed by atoms with Crippen molar-refractivity contribution in [2.75, 3.05) is 0 Å². The molecule has 0 fully saturated rings. The van der Waals surface area contributed by atoms with Gasteiger partial charge in [-0.3, -0.25) is 14.5 Å². The van der Waals surface area contributed by atoms with E-state index >= 15 is 0 Å². The van der Waals surface area contributed by atoms with Crippen LogP contribution in [0.2, 0.25) is 0 Å². The molecule has 0 aliphatic carbocycles. The minimum Gasteiger partial charge on any atom is -0.510 e. The molecule has 0 spiro atoms. The number of nitrogens with one attached hydrogen (secondary N) is 1. The van der Waals surface area contributed by atoms with Crippen LogP contribution in [0.4, 0.5) is 4.79 Å². The normalized spacial score (nSPS) is 18.8. The Hall–Kier alpha value is -0.310. The molecule has 3 amide bonds. The fraction of sp³-hybridized carbons (Fsp3) is 0.706. The number of halogens is 6. The van der Waals surface area contributed by atoms with Crippen molar-refractivity contribution in [3.63, 3.8) is 0 Å². The highest BCUT2D eigenvalue weighted by atomic mass is 35.6. The monoisotopic (exact) mass is 544 g/mol. The van der Waals surface area contributed by atoms with Crippen LogP contribution in [0.5, 0.6) is 0 Å². The number of carbonyl (C=O) groups excluding carboxylic acids is 3. The first-order valence-electron chi connectivity index (χ1n) is 8.80. The number of imide groups is 1. The van der Waals surface area contributed by atoms with Gasteiger partial charge in [0.1, 0.15) is 17.4 Å². The molecule has 1 aliphatic rings. The lowest BCUT2D eigenvalue weighted by Gasteiger charge is -2.30. The molecule has 0 unspecified atom stereocenters. The first kappa shape index (κ1) is 27.7. The Kier molecular flexibility index (Phi) is 9.74. The van der Waals surface area contributed by atoms with E-state index in [1.807, 2.05) is 0 Å². The van der Waals surface area contributed by atoms with Gasteiger partial charge in [-0.1, -0.05) is 69.6 Å². The third kappa shape index (κ3) is 9.88. The number of amides is 3. The minimum atomic E-state index is -1.70. The molecule has 0 aromatic carbocycles. The van der Waals surface area contributed by atoms with E-state index in [0.717, 1.165) is 11.0 Å². The second-order valence-electron chi connectivity index (χ2n) is 7.64. The number of ether oxygens (including phenoxy) is 1. The van der Waals surface area contributed by atoms with Gasteiger partial charge in [0.2, 0.25) is 0 Å². The van der Waals surface area contributed by atoms with Gasteiger partial charge in [0.15, 0.2) is 7.59 Å². The molecule has 0 bridgehead atoms. The SMILES string of the molecule is CC(C)(C)OC(=O)N[C@H](CCC(Cl)(Cl)Cl)C(=O)N1C(=O)C=C(O)[C@@H]1CCC(Cl)(Cl)Cl. The predicted molar refractivity (Wildman–Crippen MR) is 119 cm³/mol. The fourth-order valence-electron chi connectivity index (χ4n) is 2.60. The summed E-state index contributed by atoms with van der Waals surface area (Å²) in [6.07, 6.45) is -0.289. The zero-order valence-electron chi connectivity index (χ0n) is 16.4. The number of hydrogen-bond acceptors (Lipinski definition) is 5. The van der Waals surface area contributed by atoms with Crippen LogP contribution in [0, 0.1) is 0 Å². The molecule has 0 aromatic rings. The van der Waals surface area contributed by atoms with Gasteiger partial charge in [-0.05, 0) is 46.5 Å². The molecule has 1 aliphatic heterocycles. The summed E-state index contributed by atoms with van der Waals surface area (Å²) >= 11 is 34.5. The molecule has 1 rings (SSSR count). The van der Waals surface area contributed by atoms with Crippen molar-refractivity contribution < 1.29 is 24.2 Å². The van der Waals surface area contributed by atoms with Crippen molar-refractivity contribution in [3.8, 4) is 0 Å². The lowest BCUT2D eigenvalue weighted by atomic mass is 10.1. The van der Waals surface area contributed by atoms with Gasteiger partial charge in [0.05, 0.1) is 6.04 Å². The van der Waals surface area contributed by atoms with E-state index in [9.17, 15) is 19.5 Å². The molecular formula is C17H22Cl6N2O5. The van der Waals surface area contributed by atoms with Crippen molar-refractivity contribution in [2.24, 2.45) is 0 Å². The van der Waals surface area contributed by atoms with Gasteiger partial charge < -0.3 is 15.2 Å². The third-order valence-electron chi connectivity index (χ3n) is 3.81. The van der Waals surface area contributed by atoms with Crippen molar-refractivity contribution in [1.82, 2.24) is 10.2 Å². The maximum Gasteiger partial charge on any atom is 0.408 e. The molecule has 0 radical (unpaired) electrons. The maximum atomic E-state index is 13.1. The Balaban J connectivity index is 3.06. The second kappa shape index (κ2) is 10.5. The number of aliphatic hydroxyl groups excluding tert-OH is 1. The van der Waals surface area contributed by atoms with Crippen LogP contribution in [0.3, 0.4) is 0 Å². The Morgan fingerprint density at radius 3 is 2.13 bits per heavy atom. The lowest BCUT2D eigenvalue weighted by Crippen LogP contribution is -2.53. The third-order valence-corrected chi connectivity index (χ3v) is 4.94. The second-order valence-corrected chi connectivity index (χ2v) is 12.7. The summed E-state index contributed by atoms with van der Waals surface area (Å²) in [5, 5.41) is 12.5. The number of rotatable bonds is 6. The van der Waals surface area contributed by atoms with Crippen molar-refractivity contribution >= 4 is 87.5 Å². The highest BCUT2D eigenvalue weighted by Crippen LogP contribution is 2.35. The Labute approximate surface area is 204 Å². The summed E-state index contributed by atoms with van der Waals surface area (Å²) in [5.74, 6) is -1.97. The summed E-state index contributed by atoms with van der Waals surface area (Å²) in [7, 11) is 0. The number of alkyl halides is 6. The number of aliphatic hydroxyl groups is 1. The first-order chi connectivity index (χ1) is 13.4.